The average molecular weight is 376 g/mol. The van der Waals surface area contributed by atoms with Crippen LogP contribution in [0.1, 0.15) is 30.2 Å². The molecule has 4 rings (SSSR count). The molecule has 0 radical (unpaired) electrons. The molecule has 0 aliphatic carbocycles. The topological polar surface area (TPSA) is 97.0 Å². The van der Waals surface area contributed by atoms with Gasteiger partial charge in [-0.2, -0.15) is 0 Å². The first kappa shape index (κ1) is 17.8. The number of carbonyl (C=O) groups excluding carboxylic acids is 1. The second kappa shape index (κ2) is 8.43. The summed E-state index contributed by atoms with van der Waals surface area (Å²) >= 11 is 0. The molecule has 8 nitrogen and oxygen atoms in total. The van der Waals surface area contributed by atoms with Crippen molar-refractivity contribution < 1.29 is 9.21 Å². The molecular weight excluding hydrogens is 356 g/mol. The van der Waals surface area contributed by atoms with Gasteiger partial charge in [0.25, 0.3) is 0 Å². The molecule has 8 heteroatoms. The van der Waals surface area contributed by atoms with E-state index in [-0.39, 0.29) is 11.8 Å². The van der Waals surface area contributed by atoms with Crippen LogP contribution in [0.3, 0.4) is 0 Å². The van der Waals surface area contributed by atoms with E-state index in [0.717, 1.165) is 25.1 Å². The Morgan fingerprint density at radius 3 is 2.82 bits per heavy atom. The van der Waals surface area contributed by atoms with Gasteiger partial charge >= 0.3 is 0 Å². The maximum Gasteiger partial charge on any atom is 0.246 e. The number of hydrogen-bond acceptors (Lipinski definition) is 7. The van der Waals surface area contributed by atoms with Crippen LogP contribution in [0, 0.1) is 0 Å². The highest BCUT2D eigenvalue weighted by Gasteiger charge is 2.27. The summed E-state index contributed by atoms with van der Waals surface area (Å²) in [6.45, 7) is 1.31. The minimum absolute atomic E-state index is 0.0362. The Kier molecular flexibility index (Phi) is 5.37. The third-order valence-electron chi connectivity index (χ3n) is 4.58. The molecule has 1 aliphatic rings. The predicted molar refractivity (Wildman–Crippen MR) is 104 cm³/mol. The van der Waals surface area contributed by atoms with Crippen LogP contribution in [0.4, 0.5) is 11.8 Å². The molecule has 1 atom stereocenters. The number of anilines is 2. The van der Waals surface area contributed by atoms with Crippen LogP contribution < -0.4 is 5.32 Å². The van der Waals surface area contributed by atoms with Crippen LogP contribution in [0.25, 0.3) is 6.08 Å². The number of piperidine rings is 1. The minimum Gasteiger partial charge on any atom is -0.465 e. The molecule has 0 aromatic carbocycles. The fourth-order valence-electron chi connectivity index (χ4n) is 3.26. The fourth-order valence-corrected chi connectivity index (χ4v) is 3.26. The van der Waals surface area contributed by atoms with E-state index >= 15 is 0 Å². The Bertz CT molecular complexity index is 942. The maximum atomic E-state index is 12.6. The van der Waals surface area contributed by atoms with Gasteiger partial charge in [-0.1, -0.05) is 0 Å². The maximum absolute atomic E-state index is 12.6. The summed E-state index contributed by atoms with van der Waals surface area (Å²) < 4.78 is 5.24. The van der Waals surface area contributed by atoms with E-state index in [1.807, 2.05) is 11.0 Å². The van der Waals surface area contributed by atoms with E-state index < -0.39 is 0 Å². The van der Waals surface area contributed by atoms with Gasteiger partial charge in [0.05, 0.1) is 12.0 Å². The zero-order chi connectivity index (χ0) is 19.2. The molecule has 1 fully saturated rings. The molecule has 1 N–H and O–H groups in total. The normalized spacial score (nSPS) is 17.0. The number of aromatic nitrogens is 4. The van der Waals surface area contributed by atoms with Gasteiger partial charge in [0.2, 0.25) is 11.9 Å². The lowest BCUT2D eigenvalue weighted by Crippen LogP contribution is -2.38. The molecule has 3 aromatic heterocycles. The Labute approximate surface area is 162 Å². The molecular formula is C20H20N6O2. The van der Waals surface area contributed by atoms with Gasteiger partial charge in [0, 0.05) is 49.9 Å². The molecule has 142 valence electrons. The lowest BCUT2D eigenvalue weighted by Gasteiger charge is -2.32. The van der Waals surface area contributed by atoms with E-state index in [9.17, 15) is 4.79 Å². The first-order chi connectivity index (χ1) is 13.8. The standard InChI is InChI=1S/C20H20N6O2/c27-17(7-6-16-5-2-13-28-16)26-12-1-4-15(14-26)18-19(22-11-10-21-18)25-20-23-8-3-9-24-20/h2-3,5-11,13,15H,1,4,12,14H2,(H,22,23,24,25). The molecule has 3 aromatic rings. The Morgan fingerprint density at radius 1 is 1.14 bits per heavy atom. The van der Waals surface area contributed by atoms with E-state index in [2.05, 4.69) is 25.3 Å². The number of furan rings is 1. The Balaban J connectivity index is 1.48. The summed E-state index contributed by atoms with van der Waals surface area (Å²) in [5, 5.41) is 3.13. The van der Waals surface area contributed by atoms with Crippen molar-refractivity contribution in [3.05, 3.63) is 66.8 Å². The van der Waals surface area contributed by atoms with Gasteiger partial charge < -0.3 is 14.6 Å². The summed E-state index contributed by atoms with van der Waals surface area (Å²) in [4.78, 5) is 31.7. The van der Waals surface area contributed by atoms with Crippen molar-refractivity contribution in [3.8, 4) is 0 Å². The first-order valence-electron chi connectivity index (χ1n) is 9.15. The third kappa shape index (κ3) is 4.22. The quantitative estimate of drug-likeness (QED) is 0.684. The number of likely N-dealkylation sites (tertiary alicyclic amines) is 1. The van der Waals surface area contributed by atoms with Crippen molar-refractivity contribution in [2.45, 2.75) is 18.8 Å². The fraction of sp³-hybridized carbons (Fsp3) is 0.250. The highest BCUT2D eigenvalue weighted by atomic mass is 16.3. The molecule has 1 saturated heterocycles. The minimum atomic E-state index is -0.0362. The predicted octanol–water partition coefficient (Wildman–Crippen LogP) is 3.02. The zero-order valence-corrected chi connectivity index (χ0v) is 15.2. The highest BCUT2D eigenvalue weighted by molar-refractivity contribution is 5.91. The van der Waals surface area contributed by atoms with Gasteiger partial charge in [-0.05, 0) is 37.1 Å². The summed E-state index contributed by atoms with van der Waals surface area (Å²) in [5.41, 5.74) is 0.822. The van der Waals surface area contributed by atoms with Gasteiger partial charge in [-0.3, -0.25) is 9.78 Å². The van der Waals surface area contributed by atoms with Crippen LogP contribution >= 0.6 is 0 Å². The van der Waals surface area contributed by atoms with Crippen molar-refractivity contribution >= 4 is 23.7 Å². The Hall–Kier alpha value is -3.55. The molecule has 4 heterocycles. The van der Waals surface area contributed by atoms with Crippen LogP contribution in [0.5, 0.6) is 0 Å². The van der Waals surface area contributed by atoms with E-state index in [4.69, 9.17) is 4.42 Å². The molecule has 0 spiro atoms. The molecule has 0 saturated carbocycles. The van der Waals surface area contributed by atoms with Crippen LogP contribution in [-0.4, -0.2) is 43.8 Å². The number of nitrogens with one attached hydrogen (secondary N) is 1. The second-order valence-corrected chi connectivity index (χ2v) is 6.46. The number of carbonyl (C=O) groups is 1. The monoisotopic (exact) mass is 376 g/mol. The van der Waals surface area contributed by atoms with Crippen LogP contribution in [0.2, 0.25) is 0 Å². The second-order valence-electron chi connectivity index (χ2n) is 6.46. The lowest BCUT2D eigenvalue weighted by atomic mass is 9.94. The first-order valence-corrected chi connectivity index (χ1v) is 9.15. The van der Waals surface area contributed by atoms with E-state index in [1.165, 1.54) is 0 Å². The highest BCUT2D eigenvalue weighted by Crippen LogP contribution is 2.30. The van der Waals surface area contributed by atoms with Crippen molar-refractivity contribution in [2.24, 2.45) is 0 Å². The smallest absolute Gasteiger partial charge is 0.246 e. The van der Waals surface area contributed by atoms with E-state index in [1.54, 1.807) is 55.3 Å². The molecule has 1 aliphatic heterocycles. The van der Waals surface area contributed by atoms with Crippen molar-refractivity contribution in [1.29, 1.82) is 0 Å². The van der Waals surface area contributed by atoms with Gasteiger partial charge in [0.15, 0.2) is 5.82 Å². The number of rotatable bonds is 5. The number of amides is 1. The average Bonchev–Trinajstić information content (AvgIpc) is 3.27. The van der Waals surface area contributed by atoms with Gasteiger partial charge in [-0.15, -0.1) is 0 Å². The van der Waals surface area contributed by atoms with Gasteiger partial charge in [0.1, 0.15) is 5.76 Å². The van der Waals surface area contributed by atoms with Crippen molar-refractivity contribution in [2.75, 3.05) is 18.4 Å². The zero-order valence-electron chi connectivity index (χ0n) is 15.2. The number of hydrogen-bond donors (Lipinski definition) is 1. The lowest BCUT2D eigenvalue weighted by molar-refractivity contribution is -0.127. The summed E-state index contributed by atoms with van der Waals surface area (Å²) in [6.07, 6.45) is 13.3. The third-order valence-corrected chi connectivity index (χ3v) is 4.58. The van der Waals surface area contributed by atoms with Crippen molar-refractivity contribution in [1.82, 2.24) is 24.8 Å². The molecule has 0 bridgehead atoms. The summed E-state index contributed by atoms with van der Waals surface area (Å²) in [6, 6.07) is 5.36. The number of nitrogens with zero attached hydrogens (tertiary/aromatic N) is 5. The molecule has 1 amide bonds. The molecule has 28 heavy (non-hydrogen) atoms. The van der Waals surface area contributed by atoms with Crippen molar-refractivity contribution in [3.63, 3.8) is 0 Å². The Morgan fingerprint density at radius 2 is 2.00 bits per heavy atom. The van der Waals surface area contributed by atoms with Gasteiger partial charge in [-0.25, -0.2) is 15.0 Å². The summed E-state index contributed by atoms with van der Waals surface area (Å²) in [7, 11) is 0. The van der Waals surface area contributed by atoms with E-state index in [0.29, 0.717) is 24.1 Å². The van der Waals surface area contributed by atoms with Crippen LogP contribution in [-0.2, 0) is 4.79 Å². The van der Waals surface area contributed by atoms with Crippen LogP contribution in [0.15, 0.2) is 59.7 Å². The SMILES string of the molecule is O=C(C=Cc1ccco1)N1CCCC(c2nccnc2Nc2ncccn2)C1. The largest absolute Gasteiger partial charge is 0.465 e. The summed E-state index contributed by atoms with van der Waals surface area (Å²) in [5.74, 6) is 1.80. The molecule has 1 unspecified atom stereocenters.